The van der Waals surface area contributed by atoms with E-state index >= 15 is 0 Å². The van der Waals surface area contributed by atoms with Gasteiger partial charge in [0, 0.05) is 5.56 Å². The van der Waals surface area contributed by atoms with Gasteiger partial charge in [0.2, 0.25) is 0 Å². The first-order valence-electron chi connectivity index (χ1n) is 7.50. The molecule has 1 amide bonds. The second kappa shape index (κ2) is 6.20. The summed E-state index contributed by atoms with van der Waals surface area (Å²) in [5.74, 6) is -1.03. The van der Waals surface area contributed by atoms with Crippen LogP contribution in [-0.4, -0.2) is 23.9 Å². The van der Waals surface area contributed by atoms with Crippen LogP contribution in [-0.2, 0) is 9.59 Å². The van der Waals surface area contributed by atoms with Crippen molar-refractivity contribution in [2.45, 2.75) is 13.0 Å². The van der Waals surface area contributed by atoms with Crippen molar-refractivity contribution in [1.29, 1.82) is 0 Å². The fourth-order valence-electron chi connectivity index (χ4n) is 2.70. The largest absolute Gasteiger partial charge is 0.507 e. The van der Waals surface area contributed by atoms with Gasteiger partial charge in [-0.3, -0.25) is 9.59 Å². The number of carbonyl (C=O) groups is 2. The molecule has 2 N–H and O–H groups in total. The molecule has 24 heavy (non-hydrogen) atoms. The van der Waals surface area contributed by atoms with Gasteiger partial charge in [0.25, 0.3) is 11.7 Å². The summed E-state index contributed by atoms with van der Waals surface area (Å²) in [6.45, 7) is 1.93. The minimum Gasteiger partial charge on any atom is -0.507 e. The van der Waals surface area contributed by atoms with Crippen molar-refractivity contribution in [2.24, 2.45) is 0 Å². The molecule has 122 valence electrons. The van der Waals surface area contributed by atoms with Crippen molar-refractivity contribution < 1.29 is 19.4 Å². The molecule has 2 aromatic carbocycles. The van der Waals surface area contributed by atoms with E-state index in [0.717, 1.165) is 5.56 Å². The Labute approximate surface area is 139 Å². The number of rotatable bonds is 3. The number of hydrogen-bond acceptors (Lipinski definition) is 4. The zero-order valence-corrected chi connectivity index (χ0v) is 13.4. The van der Waals surface area contributed by atoms with Gasteiger partial charge in [0.05, 0.1) is 18.7 Å². The van der Waals surface area contributed by atoms with Crippen molar-refractivity contribution in [3.05, 3.63) is 70.8 Å². The van der Waals surface area contributed by atoms with Crippen molar-refractivity contribution in [3.8, 4) is 5.75 Å². The topological polar surface area (TPSA) is 75.6 Å². The molecule has 1 atom stereocenters. The molecular formula is C19H17NO4. The first-order valence-corrected chi connectivity index (χ1v) is 7.50. The number of ketones is 1. The Kier molecular flexibility index (Phi) is 4.08. The number of amides is 1. The molecule has 1 aliphatic rings. The summed E-state index contributed by atoms with van der Waals surface area (Å²) in [5, 5.41) is 13.2. The highest BCUT2D eigenvalue weighted by Gasteiger charge is 2.39. The maximum Gasteiger partial charge on any atom is 0.293 e. The zero-order valence-electron chi connectivity index (χ0n) is 13.4. The van der Waals surface area contributed by atoms with E-state index in [1.807, 2.05) is 19.1 Å². The number of aliphatic hydroxyl groups excluding tert-OH is 1. The van der Waals surface area contributed by atoms with Gasteiger partial charge in [-0.25, -0.2) is 0 Å². The lowest BCUT2D eigenvalue weighted by molar-refractivity contribution is -0.133. The minimum absolute atomic E-state index is 0.0529. The maximum atomic E-state index is 12.3. The molecule has 0 spiro atoms. The van der Waals surface area contributed by atoms with Gasteiger partial charge < -0.3 is 15.2 Å². The van der Waals surface area contributed by atoms with Crippen molar-refractivity contribution in [2.75, 3.05) is 7.11 Å². The summed E-state index contributed by atoms with van der Waals surface area (Å²) in [6, 6.07) is 13.4. The van der Waals surface area contributed by atoms with E-state index in [2.05, 4.69) is 5.32 Å². The average Bonchev–Trinajstić information content (AvgIpc) is 2.90. The lowest BCUT2D eigenvalue weighted by Crippen LogP contribution is -2.21. The zero-order chi connectivity index (χ0) is 17.3. The summed E-state index contributed by atoms with van der Waals surface area (Å²) in [6.07, 6.45) is 0. The molecule has 1 heterocycles. The Bertz CT molecular complexity index is 837. The van der Waals surface area contributed by atoms with E-state index < -0.39 is 17.7 Å². The van der Waals surface area contributed by atoms with E-state index in [4.69, 9.17) is 4.74 Å². The number of methoxy groups -OCH3 is 1. The van der Waals surface area contributed by atoms with Crippen LogP contribution < -0.4 is 10.1 Å². The Balaban J connectivity index is 2.11. The number of nitrogens with one attached hydrogen (secondary N) is 1. The first-order chi connectivity index (χ1) is 11.5. The predicted octanol–water partition coefficient (Wildman–Crippen LogP) is 2.71. The third kappa shape index (κ3) is 2.76. The Morgan fingerprint density at radius 1 is 1.12 bits per heavy atom. The summed E-state index contributed by atoms with van der Waals surface area (Å²) < 4.78 is 5.19. The van der Waals surface area contributed by atoms with E-state index in [9.17, 15) is 14.7 Å². The second-order valence-corrected chi connectivity index (χ2v) is 5.64. The van der Waals surface area contributed by atoms with Gasteiger partial charge in [-0.2, -0.15) is 0 Å². The van der Waals surface area contributed by atoms with Crippen LogP contribution >= 0.6 is 0 Å². The molecule has 5 nitrogen and oxygen atoms in total. The Hall–Kier alpha value is -3.08. The van der Waals surface area contributed by atoms with Crippen molar-refractivity contribution in [3.63, 3.8) is 0 Å². The van der Waals surface area contributed by atoms with E-state index in [1.54, 1.807) is 36.4 Å². The Morgan fingerprint density at radius 3 is 2.50 bits per heavy atom. The molecule has 0 radical (unpaired) electrons. The van der Waals surface area contributed by atoms with E-state index in [0.29, 0.717) is 16.9 Å². The van der Waals surface area contributed by atoms with Gasteiger partial charge >= 0.3 is 0 Å². The molecule has 0 aromatic heterocycles. The highest BCUT2D eigenvalue weighted by Crippen LogP contribution is 2.34. The van der Waals surface area contributed by atoms with Crippen LogP contribution in [0, 0.1) is 6.92 Å². The molecular weight excluding hydrogens is 306 g/mol. The number of ether oxygens (including phenoxy) is 1. The maximum absolute atomic E-state index is 12.3. The third-order valence-corrected chi connectivity index (χ3v) is 4.02. The van der Waals surface area contributed by atoms with Gasteiger partial charge in [-0.1, -0.05) is 42.0 Å². The lowest BCUT2D eigenvalue weighted by atomic mass is 9.95. The van der Waals surface area contributed by atoms with E-state index in [-0.39, 0.29) is 11.3 Å². The first kappa shape index (κ1) is 15.8. The molecule has 5 heteroatoms. The van der Waals surface area contributed by atoms with Crippen LogP contribution in [0.4, 0.5) is 0 Å². The quantitative estimate of drug-likeness (QED) is 0.517. The highest BCUT2D eigenvalue weighted by atomic mass is 16.5. The highest BCUT2D eigenvalue weighted by molar-refractivity contribution is 6.46. The van der Waals surface area contributed by atoms with Gasteiger partial charge in [0.1, 0.15) is 11.5 Å². The molecule has 1 fully saturated rings. The smallest absolute Gasteiger partial charge is 0.293 e. The van der Waals surface area contributed by atoms with Crippen LogP contribution in [0.3, 0.4) is 0 Å². The molecule has 0 unspecified atom stereocenters. The molecule has 2 aromatic rings. The Morgan fingerprint density at radius 2 is 1.83 bits per heavy atom. The van der Waals surface area contributed by atoms with Crippen LogP contribution in [0.15, 0.2) is 54.1 Å². The van der Waals surface area contributed by atoms with Crippen LogP contribution in [0.5, 0.6) is 5.75 Å². The van der Waals surface area contributed by atoms with Gasteiger partial charge in [0.15, 0.2) is 0 Å². The summed E-state index contributed by atoms with van der Waals surface area (Å²) >= 11 is 0. The number of hydrogen-bond donors (Lipinski definition) is 2. The lowest BCUT2D eigenvalue weighted by Gasteiger charge is -2.14. The van der Waals surface area contributed by atoms with E-state index in [1.165, 1.54) is 7.11 Å². The average molecular weight is 323 g/mol. The molecule has 3 rings (SSSR count). The normalized spacial score (nSPS) is 19.2. The SMILES string of the molecule is COc1cccc([C@H]2NC(=O)C(=O)C2=C(O)c2ccc(C)cc2)c1. The van der Waals surface area contributed by atoms with Crippen LogP contribution in [0.2, 0.25) is 0 Å². The number of carbonyl (C=O) groups excluding carboxylic acids is 2. The molecule has 0 saturated carbocycles. The molecule has 0 bridgehead atoms. The number of benzene rings is 2. The summed E-state index contributed by atoms with van der Waals surface area (Å²) in [7, 11) is 1.54. The fraction of sp³-hybridized carbons (Fsp3) is 0.158. The second-order valence-electron chi connectivity index (χ2n) is 5.64. The van der Waals surface area contributed by atoms with Gasteiger partial charge in [-0.05, 0) is 24.6 Å². The van der Waals surface area contributed by atoms with Crippen molar-refractivity contribution >= 4 is 17.4 Å². The monoisotopic (exact) mass is 323 g/mol. The van der Waals surface area contributed by atoms with Gasteiger partial charge in [-0.15, -0.1) is 0 Å². The minimum atomic E-state index is -0.725. The summed E-state index contributed by atoms with van der Waals surface area (Å²) in [4.78, 5) is 24.1. The molecule has 1 saturated heterocycles. The summed E-state index contributed by atoms with van der Waals surface area (Å²) in [5.41, 5.74) is 2.25. The number of aryl methyl sites for hydroxylation is 1. The third-order valence-electron chi connectivity index (χ3n) is 4.02. The predicted molar refractivity (Wildman–Crippen MR) is 89.6 cm³/mol. The van der Waals surface area contributed by atoms with Crippen molar-refractivity contribution in [1.82, 2.24) is 5.32 Å². The standard InChI is InChI=1S/C19H17NO4/c1-11-6-8-12(9-7-11)17(21)15-16(20-19(23)18(15)22)13-4-3-5-14(10-13)24-2/h3-10,16,21H,1-2H3,(H,20,23)/t16-/m1/s1. The number of aliphatic hydroxyl groups is 1. The fourth-order valence-corrected chi connectivity index (χ4v) is 2.70. The van der Waals surface area contributed by atoms with Crippen LogP contribution in [0.1, 0.15) is 22.7 Å². The van der Waals surface area contributed by atoms with Crippen LogP contribution in [0.25, 0.3) is 5.76 Å². The number of Topliss-reactive ketones (excluding diaryl/α,β-unsaturated/α-hetero) is 1. The molecule has 0 aliphatic carbocycles. The molecule has 1 aliphatic heterocycles.